The summed E-state index contributed by atoms with van der Waals surface area (Å²) in [5.41, 5.74) is 2.14. The zero-order chi connectivity index (χ0) is 8.43. The molecule has 0 atom stereocenters. The number of aryl methyl sites for hydroxylation is 1. The molecule has 1 aromatic carbocycles. The predicted molar refractivity (Wildman–Crippen MR) is 53.4 cm³/mol. The number of halogens is 2. The van der Waals surface area contributed by atoms with Crippen molar-refractivity contribution in [3.63, 3.8) is 0 Å². The van der Waals surface area contributed by atoms with Crippen molar-refractivity contribution in [1.82, 2.24) is 0 Å². The van der Waals surface area contributed by atoms with Gasteiger partial charge in [-0.15, -0.1) is 0 Å². The topological polar surface area (TPSA) is 12.0 Å². The summed E-state index contributed by atoms with van der Waals surface area (Å²) in [6.45, 7) is 2.02. The standard InChI is InChI=1S/C8H9BrClN/c1-5-3-6(9)4-7(10)8(5)11-2/h3-4,11H,1-2H3. The lowest BCUT2D eigenvalue weighted by molar-refractivity contribution is 1.39. The third-order valence-corrected chi connectivity index (χ3v) is 2.26. The van der Waals surface area contributed by atoms with E-state index in [2.05, 4.69) is 21.2 Å². The molecule has 1 rings (SSSR count). The quantitative estimate of drug-likeness (QED) is 0.785. The molecule has 0 aliphatic rings. The van der Waals surface area contributed by atoms with Gasteiger partial charge in [0.2, 0.25) is 0 Å². The summed E-state index contributed by atoms with van der Waals surface area (Å²) in [6, 6.07) is 3.90. The minimum atomic E-state index is 0.749. The van der Waals surface area contributed by atoms with Crippen LogP contribution in [0, 0.1) is 6.92 Å². The zero-order valence-corrected chi connectivity index (χ0v) is 8.75. The molecule has 1 aromatic rings. The van der Waals surface area contributed by atoms with E-state index in [1.54, 1.807) is 0 Å². The molecule has 0 aromatic heterocycles. The van der Waals surface area contributed by atoms with Crippen molar-refractivity contribution in [1.29, 1.82) is 0 Å². The first-order valence-electron chi connectivity index (χ1n) is 3.28. The van der Waals surface area contributed by atoms with Crippen molar-refractivity contribution in [2.45, 2.75) is 6.92 Å². The monoisotopic (exact) mass is 233 g/mol. The minimum absolute atomic E-state index is 0.749. The van der Waals surface area contributed by atoms with Gasteiger partial charge in [-0.05, 0) is 24.6 Å². The number of rotatable bonds is 1. The molecular formula is C8H9BrClN. The van der Waals surface area contributed by atoms with E-state index in [0.29, 0.717) is 0 Å². The minimum Gasteiger partial charge on any atom is -0.387 e. The van der Waals surface area contributed by atoms with Gasteiger partial charge in [-0.3, -0.25) is 0 Å². The van der Waals surface area contributed by atoms with Crippen molar-refractivity contribution in [2.75, 3.05) is 12.4 Å². The van der Waals surface area contributed by atoms with Gasteiger partial charge in [-0.25, -0.2) is 0 Å². The first-order chi connectivity index (χ1) is 5.15. The maximum absolute atomic E-state index is 5.94. The molecule has 0 bridgehead atoms. The van der Waals surface area contributed by atoms with Crippen LogP contribution in [0.2, 0.25) is 5.02 Å². The maximum Gasteiger partial charge on any atom is 0.0651 e. The largest absolute Gasteiger partial charge is 0.387 e. The van der Waals surface area contributed by atoms with Crippen molar-refractivity contribution >= 4 is 33.2 Å². The van der Waals surface area contributed by atoms with Crippen molar-refractivity contribution in [2.24, 2.45) is 0 Å². The van der Waals surface area contributed by atoms with Crippen LogP contribution < -0.4 is 5.32 Å². The molecule has 0 saturated carbocycles. The van der Waals surface area contributed by atoms with Gasteiger partial charge in [0.05, 0.1) is 10.7 Å². The Morgan fingerprint density at radius 2 is 2.09 bits per heavy atom. The first-order valence-corrected chi connectivity index (χ1v) is 4.45. The van der Waals surface area contributed by atoms with E-state index in [-0.39, 0.29) is 0 Å². The number of benzene rings is 1. The van der Waals surface area contributed by atoms with Gasteiger partial charge < -0.3 is 5.32 Å². The van der Waals surface area contributed by atoms with Crippen LogP contribution in [0.25, 0.3) is 0 Å². The molecule has 60 valence electrons. The molecule has 11 heavy (non-hydrogen) atoms. The Kier molecular flexibility index (Phi) is 2.79. The Bertz CT molecular complexity index is 250. The molecule has 1 N–H and O–H groups in total. The lowest BCUT2D eigenvalue weighted by Crippen LogP contribution is -1.92. The second-order valence-electron chi connectivity index (χ2n) is 2.33. The lowest BCUT2D eigenvalue weighted by atomic mass is 10.2. The van der Waals surface area contributed by atoms with Crippen LogP contribution in [-0.4, -0.2) is 7.05 Å². The van der Waals surface area contributed by atoms with Gasteiger partial charge in [-0.1, -0.05) is 27.5 Å². The van der Waals surface area contributed by atoms with Gasteiger partial charge in [-0.2, -0.15) is 0 Å². The smallest absolute Gasteiger partial charge is 0.0651 e. The molecule has 0 radical (unpaired) electrons. The Morgan fingerprint density at radius 3 is 2.55 bits per heavy atom. The van der Waals surface area contributed by atoms with Gasteiger partial charge in [0.25, 0.3) is 0 Å². The van der Waals surface area contributed by atoms with Crippen LogP contribution in [0.4, 0.5) is 5.69 Å². The summed E-state index contributed by atoms with van der Waals surface area (Å²) in [4.78, 5) is 0. The highest BCUT2D eigenvalue weighted by atomic mass is 79.9. The Morgan fingerprint density at radius 1 is 1.45 bits per heavy atom. The fourth-order valence-corrected chi connectivity index (χ4v) is 2.08. The van der Waals surface area contributed by atoms with Crippen LogP contribution in [-0.2, 0) is 0 Å². The van der Waals surface area contributed by atoms with Crippen LogP contribution >= 0.6 is 27.5 Å². The summed E-state index contributed by atoms with van der Waals surface area (Å²) in [5.74, 6) is 0. The second kappa shape index (κ2) is 3.46. The van der Waals surface area contributed by atoms with Gasteiger partial charge >= 0.3 is 0 Å². The van der Waals surface area contributed by atoms with Crippen molar-refractivity contribution in [3.8, 4) is 0 Å². The summed E-state index contributed by atoms with van der Waals surface area (Å²) >= 11 is 9.31. The predicted octanol–water partition coefficient (Wildman–Crippen LogP) is 3.45. The molecule has 0 fully saturated rings. The highest BCUT2D eigenvalue weighted by molar-refractivity contribution is 9.10. The molecule has 0 heterocycles. The third kappa shape index (κ3) is 1.88. The van der Waals surface area contributed by atoms with E-state index in [4.69, 9.17) is 11.6 Å². The SMILES string of the molecule is CNc1c(C)cc(Br)cc1Cl. The van der Waals surface area contributed by atoms with E-state index < -0.39 is 0 Å². The van der Waals surface area contributed by atoms with E-state index in [9.17, 15) is 0 Å². The Labute approximate surface area is 79.9 Å². The highest BCUT2D eigenvalue weighted by Crippen LogP contribution is 2.28. The molecular weight excluding hydrogens is 225 g/mol. The van der Waals surface area contributed by atoms with E-state index >= 15 is 0 Å². The number of hydrogen-bond acceptors (Lipinski definition) is 1. The summed E-state index contributed by atoms with van der Waals surface area (Å²) in [6.07, 6.45) is 0. The third-order valence-electron chi connectivity index (χ3n) is 1.50. The number of hydrogen-bond donors (Lipinski definition) is 1. The molecule has 0 spiro atoms. The molecule has 3 heteroatoms. The lowest BCUT2D eigenvalue weighted by Gasteiger charge is -2.07. The summed E-state index contributed by atoms with van der Waals surface area (Å²) < 4.78 is 1.01. The molecule has 0 saturated heterocycles. The first kappa shape index (κ1) is 8.88. The Balaban J connectivity index is 3.25. The van der Waals surface area contributed by atoms with Crippen LogP contribution in [0.5, 0.6) is 0 Å². The summed E-state index contributed by atoms with van der Waals surface area (Å²) in [7, 11) is 1.86. The average molecular weight is 235 g/mol. The van der Waals surface area contributed by atoms with Crippen LogP contribution in [0.1, 0.15) is 5.56 Å². The normalized spacial score (nSPS) is 9.82. The summed E-state index contributed by atoms with van der Waals surface area (Å²) in [5, 5.41) is 3.79. The fraction of sp³-hybridized carbons (Fsp3) is 0.250. The molecule has 0 aliphatic heterocycles. The van der Waals surface area contributed by atoms with Crippen LogP contribution in [0.3, 0.4) is 0 Å². The number of anilines is 1. The van der Waals surface area contributed by atoms with Gasteiger partial charge in [0.15, 0.2) is 0 Å². The van der Waals surface area contributed by atoms with E-state index in [0.717, 1.165) is 20.7 Å². The van der Waals surface area contributed by atoms with E-state index in [1.165, 1.54) is 0 Å². The Hall–Kier alpha value is -0.210. The fourth-order valence-electron chi connectivity index (χ4n) is 1.02. The highest BCUT2D eigenvalue weighted by Gasteiger charge is 2.02. The van der Waals surface area contributed by atoms with E-state index in [1.807, 2.05) is 26.1 Å². The number of nitrogens with one attached hydrogen (secondary N) is 1. The maximum atomic E-state index is 5.94. The molecule has 0 amide bonds. The second-order valence-corrected chi connectivity index (χ2v) is 3.65. The molecule has 0 unspecified atom stereocenters. The van der Waals surface area contributed by atoms with Crippen molar-refractivity contribution in [3.05, 3.63) is 27.2 Å². The van der Waals surface area contributed by atoms with Gasteiger partial charge in [0.1, 0.15) is 0 Å². The van der Waals surface area contributed by atoms with Crippen molar-refractivity contribution < 1.29 is 0 Å². The van der Waals surface area contributed by atoms with Gasteiger partial charge in [0, 0.05) is 11.5 Å². The average Bonchev–Trinajstić information content (AvgIpc) is 1.85. The zero-order valence-electron chi connectivity index (χ0n) is 6.41. The van der Waals surface area contributed by atoms with Crippen LogP contribution in [0.15, 0.2) is 16.6 Å². The molecule has 0 aliphatic carbocycles. The molecule has 1 nitrogen and oxygen atoms in total.